The van der Waals surface area contributed by atoms with Gasteiger partial charge in [-0.15, -0.1) is 0 Å². The zero-order valence-corrected chi connectivity index (χ0v) is 10.4. The van der Waals surface area contributed by atoms with Crippen LogP contribution in [0.4, 0.5) is 0 Å². The molecule has 0 saturated carbocycles. The fourth-order valence-electron chi connectivity index (χ4n) is 1.67. The van der Waals surface area contributed by atoms with Crippen molar-refractivity contribution in [3.63, 3.8) is 0 Å². The van der Waals surface area contributed by atoms with Gasteiger partial charge in [-0.1, -0.05) is 11.6 Å². The predicted molar refractivity (Wildman–Crippen MR) is 67.5 cm³/mol. The summed E-state index contributed by atoms with van der Waals surface area (Å²) in [5.41, 5.74) is 1.20. The maximum absolute atomic E-state index is 11.9. The van der Waals surface area contributed by atoms with Crippen LogP contribution in [0.15, 0.2) is 34.7 Å². The van der Waals surface area contributed by atoms with Gasteiger partial charge in [-0.25, -0.2) is 0 Å². The third-order valence-corrected chi connectivity index (χ3v) is 2.62. The molecule has 2 aromatic rings. The number of benzene rings is 1. The van der Waals surface area contributed by atoms with Crippen LogP contribution in [0.5, 0.6) is 5.75 Å². The van der Waals surface area contributed by atoms with Crippen molar-refractivity contribution in [2.45, 2.75) is 20.4 Å². The average Bonchev–Trinajstić information content (AvgIpc) is 2.75. The molecule has 0 fully saturated rings. The summed E-state index contributed by atoms with van der Waals surface area (Å²) < 4.78 is 5.35. The highest BCUT2D eigenvalue weighted by Crippen LogP contribution is 2.18. The summed E-state index contributed by atoms with van der Waals surface area (Å²) in [6.07, 6.45) is 0. The third-order valence-electron chi connectivity index (χ3n) is 2.62. The minimum absolute atomic E-state index is 0.0197. The Morgan fingerprint density at radius 2 is 2.06 bits per heavy atom. The molecule has 0 spiro atoms. The molecule has 0 bridgehead atoms. The van der Waals surface area contributed by atoms with Gasteiger partial charge in [0.1, 0.15) is 17.3 Å². The molecule has 0 aliphatic rings. The summed E-state index contributed by atoms with van der Waals surface area (Å²) in [6, 6.07) is 8.57. The molecule has 0 aliphatic carbocycles. The number of phenolic OH excluding ortho intramolecular Hbond substituents is 1. The second-order valence-corrected chi connectivity index (χ2v) is 4.22. The Kier molecular flexibility index (Phi) is 3.37. The second kappa shape index (κ2) is 4.96. The highest BCUT2D eigenvalue weighted by atomic mass is 16.3. The van der Waals surface area contributed by atoms with Crippen molar-refractivity contribution >= 4 is 5.91 Å². The van der Waals surface area contributed by atoms with Gasteiger partial charge in [-0.3, -0.25) is 4.79 Å². The van der Waals surface area contributed by atoms with E-state index in [0.717, 1.165) is 11.3 Å². The molecule has 2 N–H and O–H groups in total. The van der Waals surface area contributed by atoms with E-state index in [1.165, 1.54) is 6.07 Å². The average molecular weight is 245 g/mol. The van der Waals surface area contributed by atoms with Crippen LogP contribution in [0.1, 0.15) is 27.4 Å². The fraction of sp³-hybridized carbons (Fsp3) is 0.214. The van der Waals surface area contributed by atoms with Crippen LogP contribution in [-0.2, 0) is 6.54 Å². The van der Waals surface area contributed by atoms with Crippen LogP contribution < -0.4 is 5.32 Å². The molecule has 0 aliphatic heterocycles. The Labute approximate surface area is 105 Å². The highest BCUT2D eigenvalue weighted by molar-refractivity contribution is 5.96. The molecule has 94 valence electrons. The Morgan fingerprint density at radius 3 is 2.72 bits per heavy atom. The van der Waals surface area contributed by atoms with Crippen LogP contribution >= 0.6 is 0 Å². The summed E-state index contributed by atoms with van der Waals surface area (Å²) in [5, 5.41) is 12.3. The number of rotatable bonds is 3. The first-order valence-corrected chi connectivity index (χ1v) is 5.69. The molecule has 1 amide bonds. The molecular formula is C14H15NO3. The van der Waals surface area contributed by atoms with Crippen LogP contribution in [-0.4, -0.2) is 11.0 Å². The lowest BCUT2D eigenvalue weighted by atomic mass is 10.1. The van der Waals surface area contributed by atoms with Gasteiger partial charge < -0.3 is 14.8 Å². The fourth-order valence-corrected chi connectivity index (χ4v) is 1.67. The van der Waals surface area contributed by atoms with Crippen molar-refractivity contribution in [3.8, 4) is 5.75 Å². The molecule has 0 radical (unpaired) electrons. The minimum Gasteiger partial charge on any atom is -0.507 e. The zero-order chi connectivity index (χ0) is 13.1. The van der Waals surface area contributed by atoms with E-state index in [1.54, 1.807) is 12.1 Å². The normalized spacial score (nSPS) is 10.3. The predicted octanol–water partition coefficient (Wildman–Crippen LogP) is 2.53. The molecule has 0 saturated heterocycles. The molecule has 4 nitrogen and oxygen atoms in total. The number of furan rings is 1. The van der Waals surface area contributed by atoms with Gasteiger partial charge in [0.2, 0.25) is 0 Å². The Bertz CT molecular complexity index is 572. The number of carbonyl (C=O) groups is 1. The number of hydrogen-bond donors (Lipinski definition) is 2. The van der Waals surface area contributed by atoms with E-state index < -0.39 is 0 Å². The van der Waals surface area contributed by atoms with Gasteiger partial charge in [0.05, 0.1) is 12.1 Å². The van der Waals surface area contributed by atoms with Crippen molar-refractivity contribution in [1.82, 2.24) is 5.32 Å². The summed E-state index contributed by atoms with van der Waals surface area (Å²) in [4.78, 5) is 11.9. The van der Waals surface area contributed by atoms with Crippen LogP contribution in [0.25, 0.3) is 0 Å². The number of phenols is 1. The lowest BCUT2D eigenvalue weighted by Gasteiger charge is -2.06. The SMILES string of the molecule is Cc1ccc(O)c(C(=O)NCc2ccc(C)o2)c1. The van der Waals surface area contributed by atoms with E-state index in [2.05, 4.69) is 5.32 Å². The first kappa shape index (κ1) is 12.2. The Morgan fingerprint density at radius 1 is 1.28 bits per heavy atom. The monoisotopic (exact) mass is 245 g/mol. The molecule has 0 unspecified atom stereocenters. The van der Waals surface area contributed by atoms with E-state index in [1.807, 2.05) is 26.0 Å². The van der Waals surface area contributed by atoms with Crippen molar-refractivity contribution in [2.24, 2.45) is 0 Å². The molecule has 2 rings (SSSR count). The standard InChI is InChI=1S/C14H15NO3/c1-9-3-6-13(16)12(7-9)14(17)15-8-11-5-4-10(2)18-11/h3-7,16H,8H2,1-2H3,(H,15,17). The summed E-state index contributed by atoms with van der Waals surface area (Å²) in [7, 11) is 0. The van der Waals surface area contributed by atoms with Crippen LogP contribution in [0.3, 0.4) is 0 Å². The van der Waals surface area contributed by atoms with Crippen LogP contribution in [0, 0.1) is 13.8 Å². The number of amides is 1. The van der Waals surface area contributed by atoms with E-state index in [0.29, 0.717) is 12.3 Å². The van der Waals surface area contributed by atoms with Gasteiger partial charge in [-0.05, 0) is 38.1 Å². The Balaban J connectivity index is 2.05. The summed E-state index contributed by atoms with van der Waals surface area (Å²) in [5.74, 6) is 1.16. The van der Waals surface area contributed by atoms with Crippen molar-refractivity contribution in [1.29, 1.82) is 0 Å². The van der Waals surface area contributed by atoms with Gasteiger partial charge >= 0.3 is 0 Å². The van der Waals surface area contributed by atoms with Crippen molar-refractivity contribution < 1.29 is 14.3 Å². The number of nitrogens with one attached hydrogen (secondary N) is 1. The van der Waals surface area contributed by atoms with E-state index in [9.17, 15) is 9.90 Å². The molecule has 18 heavy (non-hydrogen) atoms. The molecule has 1 aromatic heterocycles. The van der Waals surface area contributed by atoms with Crippen molar-refractivity contribution in [2.75, 3.05) is 0 Å². The number of hydrogen-bond acceptors (Lipinski definition) is 3. The summed E-state index contributed by atoms with van der Waals surface area (Å²) in [6.45, 7) is 4.02. The van der Waals surface area contributed by atoms with E-state index in [-0.39, 0.29) is 17.2 Å². The third kappa shape index (κ3) is 2.71. The first-order chi connectivity index (χ1) is 8.56. The second-order valence-electron chi connectivity index (χ2n) is 4.22. The molecule has 1 aromatic carbocycles. The largest absolute Gasteiger partial charge is 0.507 e. The molecule has 4 heteroatoms. The highest BCUT2D eigenvalue weighted by Gasteiger charge is 2.11. The summed E-state index contributed by atoms with van der Waals surface area (Å²) >= 11 is 0. The number of carbonyl (C=O) groups excluding carboxylic acids is 1. The van der Waals surface area contributed by atoms with Gasteiger partial charge in [0, 0.05) is 0 Å². The number of aryl methyl sites for hydroxylation is 2. The van der Waals surface area contributed by atoms with Crippen LogP contribution in [0.2, 0.25) is 0 Å². The van der Waals surface area contributed by atoms with E-state index >= 15 is 0 Å². The zero-order valence-electron chi connectivity index (χ0n) is 10.4. The maximum atomic E-state index is 11.9. The minimum atomic E-state index is -0.315. The maximum Gasteiger partial charge on any atom is 0.255 e. The van der Waals surface area contributed by atoms with Crippen molar-refractivity contribution in [3.05, 3.63) is 53.0 Å². The van der Waals surface area contributed by atoms with Gasteiger partial charge in [0.25, 0.3) is 5.91 Å². The molecule has 1 heterocycles. The molecule has 0 atom stereocenters. The number of aromatic hydroxyl groups is 1. The van der Waals surface area contributed by atoms with Gasteiger partial charge in [0.15, 0.2) is 0 Å². The van der Waals surface area contributed by atoms with Gasteiger partial charge in [-0.2, -0.15) is 0 Å². The Hall–Kier alpha value is -2.23. The molecular weight excluding hydrogens is 230 g/mol. The lowest BCUT2D eigenvalue weighted by Crippen LogP contribution is -2.22. The van der Waals surface area contributed by atoms with E-state index in [4.69, 9.17) is 4.42 Å². The topological polar surface area (TPSA) is 62.5 Å². The first-order valence-electron chi connectivity index (χ1n) is 5.69. The lowest BCUT2D eigenvalue weighted by molar-refractivity contribution is 0.0945. The quantitative estimate of drug-likeness (QED) is 0.873. The smallest absolute Gasteiger partial charge is 0.255 e.